The normalized spacial score (nSPS) is 13.8. The standard InChI is InChI=1S/C27H31N3O3/c1-18-13-20-8-6-12-28-27(20)30-24(18)10-5-3-9-23(31)15-21(16-26(32)33)22-14-19-7-2-4-11-25(19)29-17-22/h2,4,7,11,13-14,17,21H,3,5-6,8-10,12,15-16H2,1H3,(H,28,30)(H,32,33). The van der Waals surface area contributed by atoms with Crippen LogP contribution in [0.5, 0.6) is 0 Å². The van der Waals surface area contributed by atoms with E-state index in [1.54, 1.807) is 6.20 Å². The second-order valence-corrected chi connectivity index (χ2v) is 9.00. The highest BCUT2D eigenvalue weighted by molar-refractivity contribution is 5.82. The highest BCUT2D eigenvalue weighted by atomic mass is 16.4. The Kier molecular flexibility index (Phi) is 7.33. The summed E-state index contributed by atoms with van der Waals surface area (Å²) in [6, 6.07) is 11.9. The molecule has 1 aliphatic rings. The number of aliphatic carboxylic acids is 1. The molecule has 1 aromatic carbocycles. The number of nitrogens with one attached hydrogen (secondary N) is 1. The summed E-state index contributed by atoms with van der Waals surface area (Å²) < 4.78 is 0. The smallest absolute Gasteiger partial charge is 0.303 e. The molecule has 2 N–H and O–H groups in total. The summed E-state index contributed by atoms with van der Waals surface area (Å²) >= 11 is 0. The molecule has 0 fully saturated rings. The van der Waals surface area contributed by atoms with Gasteiger partial charge in [-0.2, -0.15) is 0 Å². The first-order valence-electron chi connectivity index (χ1n) is 11.8. The maximum absolute atomic E-state index is 12.7. The van der Waals surface area contributed by atoms with E-state index in [0.29, 0.717) is 6.42 Å². The molecule has 1 aliphatic heterocycles. The van der Waals surface area contributed by atoms with Gasteiger partial charge in [0.05, 0.1) is 11.9 Å². The molecule has 172 valence electrons. The highest BCUT2D eigenvalue weighted by Gasteiger charge is 2.20. The number of carboxylic acid groups (broad SMARTS) is 1. The molecule has 0 radical (unpaired) electrons. The van der Waals surface area contributed by atoms with Gasteiger partial charge in [-0.1, -0.05) is 24.3 Å². The lowest BCUT2D eigenvalue weighted by Gasteiger charge is -2.19. The van der Waals surface area contributed by atoms with E-state index in [0.717, 1.165) is 66.6 Å². The molecular formula is C27H31N3O3. The Bertz CT molecular complexity index is 1160. The van der Waals surface area contributed by atoms with Gasteiger partial charge in [0.2, 0.25) is 0 Å². The quantitative estimate of drug-likeness (QED) is 0.415. The molecule has 3 aromatic rings. The van der Waals surface area contributed by atoms with Crippen LogP contribution >= 0.6 is 0 Å². The molecule has 0 aliphatic carbocycles. The van der Waals surface area contributed by atoms with Crippen molar-refractivity contribution in [1.29, 1.82) is 0 Å². The zero-order valence-corrected chi connectivity index (χ0v) is 19.1. The number of rotatable bonds is 10. The molecule has 0 saturated heterocycles. The topological polar surface area (TPSA) is 92.2 Å². The van der Waals surface area contributed by atoms with Crippen LogP contribution in [-0.4, -0.2) is 33.4 Å². The third-order valence-electron chi connectivity index (χ3n) is 6.41. The molecule has 0 spiro atoms. The van der Waals surface area contributed by atoms with E-state index in [2.05, 4.69) is 23.3 Å². The number of ketones is 1. The van der Waals surface area contributed by atoms with E-state index < -0.39 is 5.97 Å². The number of fused-ring (bicyclic) bond motifs is 2. The number of unbranched alkanes of at least 4 members (excludes halogenated alkanes) is 1. The number of carboxylic acids is 1. The number of para-hydroxylation sites is 1. The van der Waals surface area contributed by atoms with E-state index in [9.17, 15) is 14.7 Å². The van der Waals surface area contributed by atoms with Crippen LogP contribution in [0.25, 0.3) is 10.9 Å². The number of hydrogen-bond acceptors (Lipinski definition) is 5. The number of carbonyl (C=O) groups is 2. The fraction of sp³-hybridized carbons (Fsp3) is 0.407. The predicted molar refractivity (Wildman–Crippen MR) is 130 cm³/mol. The van der Waals surface area contributed by atoms with Crippen LogP contribution in [0, 0.1) is 6.92 Å². The third-order valence-corrected chi connectivity index (χ3v) is 6.41. The summed E-state index contributed by atoms with van der Waals surface area (Å²) in [5.74, 6) is -0.143. The maximum atomic E-state index is 12.7. The van der Waals surface area contributed by atoms with Crippen molar-refractivity contribution in [2.75, 3.05) is 11.9 Å². The molecule has 0 amide bonds. The molecule has 6 nitrogen and oxygen atoms in total. The largest absolute Gasteiger partial charge is 0.481 e. The van der Waals surface area contributed by atoms with Crippen molar-refractivity contribution in [3.05, 3.63) is 65.0 Å². The number of nitrogens with zero attached hydrogens (tertiary/aromatic N) is 2. The van der Waals surface area contributed by atoms with Crippen LogP contribution in [0.2, 0.25) is 0 Å². The van der Waals surface area contributed by atoms with Crippen LogP contribution in [0.4, 0.5) is 5.82 Å². The van der Waals surface area contributed by atoms with Crippen LogP contribution < -0.4 is 5.32 Å². The minimum absolute atomic E-state index is 0.0724. The lowest BCUT2D eigenvalue weighted by molar-refractivity contribution is -0.137. The molecule has 1 unspecified atom stereocenters. The van der Waals surface area contributed by atoms with Gasteiger partial charge in [-0.05, 0) is 67.9 Å². The van der Waals surface area contributed by atoms with Gasteiger partial charge < -0.3 is 10.4 Å². The van der Waals surface area contributed by atoms with Gasteiger partial charge in [-0.15, -0.1) is 0 Å². The second kappa shape index (κ2) is 10.6. The highest BCUT2D eigenvalue weighted by Crippen LogP contribution is 2.27. The minimum atomic E-state index is -0.900. The molecule has 1 atom stereocenters. The molecular weight excluding hydrogens is 414 g/mol. The van der Waals surface area contributed by atoms with Crippen molar-refractivity contribution in [1.82, 2.24) is 9.97 Å². The summed E-state index contributed by atoms with van der Waals surface area (Å²) in [5, 5.41) is 13.7. The SMILES string of the molecule is Cc1cc2c(nc1CCCCC(=O)CC(CC(=O)O)c1cnc3ccccc3c1)NCCC2. The zero-order valence-electron chi connectivity index (χ0n) is 19.1. The Labute approximate surface area is 194 Å². The van der Waals surface area contributed by atoms with Gasteiger partial charge in [0, 0.05) is 42.6 Å². The molecule has 0 bridgehead atoms. The van der Waals surface area contributed by atoms with E-state index in [1.165, 1.54) is 11.1 Å². The van der Waals surface area contributed by atoms with Crippen LogP contribution in [-0.2, 0) is 22.4 Å². The molecule has 2 aromatic heterocycles. The number of Topliss-reactive ketones (excluding diaryl/α,β-unsaturated/α-hetero) is 1. The number of pyridine rings is 2. The van der Waals surface area contributed by atoms with Crippen LogP contribution in [0.3, 0.4) is 0 Å². The van der Waals surface area contributed by atoms with Gasteiger partial charge in [0.25, 0.3) is 0 Å². The van der Waals surface area contributed by atoms with Crippen molar-refractivity contribution >= 4 is 28.5 Å². The summed E-state index contributed by atoms with van der Waals surface area (Å²) in [7, 11) is 0. The van der Waals surface area contributed by atoms with Gasteiger partial charge in [-0.3, -0.25) is 14.6 Å². The first kappa shape index (κ1) is 22.9. The van der Waals surface area contributed by atoms with Gasteiger partial charge >= 0.3 is 5.97 Å². The number of anilines is 1. The molecule has 4 rings (SSSR count). The van der Waals surface area contributed by atoms with Gasteiger partial charge in [0.1, 0.15) is 11.6 Å². The number of carbonyl (C=O) groups excluding carboxylic acids is 1. The van der Waals surface area contributed by atoms with Crippen LogP contribution in [0.1, 0.15) is 66.8 Å². The Balaban J connectivity index is 1.32. The first-order valence-corrected chi connectivity index (χ1v) is 11.8. The zero-order chi connectivity index (χ0) is 23.2. The number of aryl methyl sites for hydroxylation is 3. The van der Waals surface area contributed by atoms with E-state index >= 15 is 0 Å². The number of hydrogen-bond donors (Lipinski definition) is 2. The maximum Gasteiger partial charge on any atom is 0.303 e. The van der Waals surface area contributed by atoms with E-state index in [4.69, 9.17) is 4.98 Å². The van der Waals surface area contributed by atoms with E-state index in [1.807, 2.05) is 30.3 Å². The average molecular weight is 446 g/mol. The lowest BCUT2D eigenvalue weighted by atomic mass is 9.89. The monoisotopic (exact) mass is 445 g/mol. The number of aromatic nitrogens is 2. The Morgan fingerprint density at radius 3 is 2.85 bits per heavy atom. The summed E-state index contributed by atoms with van der Waals surface area (Å²) in [5.41, 5.74) is 5.29. The molecule has 33 heavy (non-hydrogen) atoms. The Morgan fingerprint density at radius 2 is 2.00 bits per heavy atom. The van der Waals surface area contributed by atoms with Crippen molar-refractivity contribution in [2.24, 2.45) is 0 Å². The fourth-order valence-corrected chi connectivity index (χ4v) is 4.61. The van der Waals surface area contributed by atoms with Gasteiger partial charge in [0.15, 0.2) is 0 Å². The minimum Gasteiger partial charge on any atom is -0.481 e. The van der Waals surface area contributed by atoms with Crippen molar-refractivity contribution in [3.8, 4) is 0 Å². The third kappa shape index (κ3) is 5.95. The number of benzene rings is 1. The van der Waals surface area contributed by atoms with Crippen molar-refractivity contribution in [2.45, 2.75) is 64.2 Å². The molecule has 6 heteroatoms. The lowest BCUT2D eigenvalue weighted by Crippen LogP contribution is -2.15. The second-order valence-electron chi connectivity index (χ2n) is 9.00. The van der Waals surface area contributed by atoms with Crippen molar-refractivity contribution in [3.63, 3.8) is 0 Å². The van der Waals surface area contributed by atoms with Gasteiger partial charge in [-0.25, -0.2) is 4.98 Å². The van der Waals surface area contributed by atoms with Crippen LogP contribution in [0.15, 0.2) is 42.6 Å². The predicted octanol–water partition coefficient (Wildman–Crippen LogP) is 5.23. The average Bonchev–Trinajstić information content (AvgIpc) is 2.81. The Hall–Kier alpha value is -3.28. The first-order chi connectivity index (χ1) is 16.0. The summed E-state index contributed by atoms with van der Waals surface area (Å²) in [6.07, 6.45) is 7.06. The molecule has 0 saturated carbocycles. The van der Waals surface area contributed by atoms with Crippen molar-refractivity contribution < 1.29 is 14.7 Å². The fourth-order valence-electron chi connectivity index (χ4n) is 4.61. The van der Waals surface area contributed by atoms with E-state index in [-0.39, 0.29) is 24.5 Å². The Morgan fingerprint density at radius 1 is 1.15 bits per heavy atom. The summed E-state index contributed by atoms with van der Waals surface area (Å²) in [6.45, 7) is 3.08. The molecule has 3 heterocycles. The summed E-state index contributed by atoms with van der Waals surface area (Å²) in [4.78, 5) is 33.4.